The molecular weight excluding hydrogens is 837 g/mol. The SMILES string of the molecule is CC(C)(C)OC(=O)N1CCCC(c2cc(-c3ccccc3OCc3ccccc3)nc3c2COC(=O)N3)C1.Cc1c(C2CCCN(C(=O)OC(C)(C)C)C2)cc(-c2ccccc2O)nc1N. The largest absolute Gasteiger partial charge is 0.507 e. The molecule has 2 fully saturated rings. The summed E-state index contributed by atoms with van der Waals surface area (Å²) < 4.78 is 22.7. The van der Waals surface area contributed by atoms with Crippen LogP contribution in [0.5, 0.6) is 11.5 Å². The maximum absolute atomic E-state index is 12.8. The normalized spacial score (nSPS) is 17.3. The summed E-state index contributed by atoms with van der Waals surface area (Å²) >= 11 is 0. The zero-order valence-corrected chi connectivity index (χ0v) is 39.1. The van der Waals surface area contributed by atoms with Crippen LogP contribution in [0.2, 0.25) is 0 Å². The first-order valence-electron chi connectivity index (χ1n) is 22.7. The van der Waals surface area contributed by atoms with Crippen molar-refractivity contribution in [1.29, 1.82) is 0 Å². The number of amides is 3. The highest BCUT2D eigenvalue weighted by molar-refractivity contribution is 5.87. The number of aromatic nitrogens is 2. The second-order valence-corrected chi connectivity index (χ2v) is 19.1. The lowest BCUT2D eigenvalue weighted by atomic mass is 9.87. The Balaban J connectivity index is 0.000000206. The van der Waals surface area contributed by atoms with E-state index in [0.29, 0.717) is 67.1 Å². The lowest BCUT2D eigenvalue weighted by Crippen LogP contribution is -2.42. The Kier molecular flexibility index (Phi) is 14.4. The number of nitrogen functional groups attached to an aromatic ring is 1. The van der Waals surface area contributed by atoms with E-state index in [2.05, 4.69) is 10.3 Å². The lowest BCUT2D eigenvalue weighted by molar-refractivity contribution is 0.0188. The zero-order chi connectivity index (χ0) is 47.2. The number of carbonyl (C=O) groups is 3. The van der Waals surface area contributed by atoms with E-state index < -0.39 is 17.3 Å². The van der Waals surface area contributed by atoms with Gasteiger partial charge in [0.1, 0.15) is 47.6 Å². The number of hydrogen-bond acceptors (Lipinski definition) is 11. The summed E-state index contributed by atoms with van der Waals surface area (Å²) in [5.74, 6) is 2.00. The number of aromatic hydroxyl groups is 1. The van der Waals surface area contributed by atoms with Crippen molar-refractivity contribution in [3.05, 3.63) is 119 Å². The highest BCUT2D eigenvalue weighted by Crippen LogP contribution is 2.40. The number of piperidine rings is 2. The van der Waals surface area contributed by atoms with E-state index in [0.717, 1.165) is 59.1 Å². The van der Waals surface area contributed by atoms with Crippen molar-refractivity contribution in [2.45, 2.75) is 110 Å². The second kappa shape index (κ2) is 20.1. The monoisotopic (exact) mass is 898 g/mol. The third kappa shape index (κ3) is 11.9. The van der Waals surface area contributed by atoms with Gasteiger partial charge in [-0.3, -0.25) is 5.32 Å². The molecule has 2 aromatic heterocycles. The van der Waals surface area contributed by atoms with Gasteiger partial charge in [-0.15, -0.1) is 0 Å². The molecule has 2 atom stereocenters. The van der Waals surface area contributed by atoms with Crippen LogP contribution >= 0.6 is 0 Å². The third-order valence-electron chi connectivity index (χ3n) is 11.7. The summed E-state index contributed by atoms with van der Waals surface area (Å²) in [5.41, 5.74) is 12.8. The van der Waals surface area contributed by atoms with Crippen LogP contribution in [0.25, 0.3) is 22.5 Å². The Hall–Kier alpha value is -6.83. The molecule has 5 aromatic rings. The van der Waals surface area contributed by atoms with Crippen molar-refractivity contribution in [2.24, 2.45) is 0 Å². The van der Waals surface area contributed by atoms with Crippen LogP contribution in [-0.2, 0) is 27.4 Å². The molecule has 4 N–H and O–H groups in total. The molecule has 348 valence electrons. The molecule has 0 saturated carbocycles. The molecule has 5 heterocycles. The Morgan fingerprint density at radius 3 is 1.94 bits per heavy atom. The zero-order valence-electron chi connectivity index (χ0n) is 39.1. The number of ether oxygens (including phenoxy) is 4. The van der Waals surface area contributed by atoms with Crippen molar-refractivity contribution in [2.75, 3.05) is 37.2 Å². The first kappa shape index (κ1) is 47.1. The summed E-state index contributed by atoms with van der Waals surface area (Å²) in [4.78, 5) is 50.3. The van der Waals surface area contributed by atoms with Gasteiger partial charge in [0.15, 0.2) is 0 Å². The number of fused-ring (bicyclic) bond motifs is 1. The fourth-order valence-electron chi connectivity index (χ4n) is 8.51. The average Bonchev–Trinajstić information content (AvgIpc) is 3.28. The van der Waals surface area contributed by atoms with Crippen molar-refractivity contribution in [3.8, 4) is 34.0 Å². The van der Waals surface area contributed by atoms with E-state index in [1.54, 1.807) is 21.9 Å². The first-order chi connectivity index (χ1) is 31.4. The lowest BCUT2D eigenvalue weighted by Gasteiger charge is -2.35. The van der Waals surface area contributed by atoms with Gasteiger partial charge in [0.05, 0.1) is 11.4 Å². The van der Waals surface area contributed by atoms with E-state index in [1.807, 2.05) is 127 Å². The Morgan fingerprint density at radius 2 is 1.32 bits per heavy atom. The van der Waals surface area contributed by atoms with Gasteiger partial charge in [0, 0.05) is 54.7 Å². The van der Waals surface area contributed by atoms with E-state index in [1.165, 1.54) is 0 Å². The predicted octanol–water partition coefficient (Wildman–Crippen LogP) is 11.0. The number of likely N-dealkylation sites (tertiary alicyclic amines) is 2. The number of pyridine rings is 2. The van der Waals surface area contributed by atoms with Gasteiger partial charge >= 0.3 is 18.3 Å². The van der Waals surface area contributed by atoms with Gasteiger partial charge in [-0.25, -0.2) is 24.4 Å². The van der Waals surface area contributed by atoms with Gasteiger partial charge in [-0.1, -0.05) is 54.6 Å². The second-order valence-electron chi connectivity index (χ2n) is 19.1. The fourth-order valence-corrected chi connectivity index (χ4v) is 8.51. The number of carbonyl (C=O) groups excluding carboxylic acids is 3. The van der Waals surface area contributed by atoms with Gasteiger partial charge in [0.25, 0.3) is 0 Å². The van der Waals surface area contributed by atoms with E-state index in [4.69, 9.17) is 29.7 Å². The molecule has 0 spiro atoms. The molecule has 14 heteroatoms. The first-order valence-corrected chi connectivity index (χ1v) is 22.7. The molecule has 0 bridgehead atoms. The van der Waals surface area contributed by atoms with Crippen molar-refractivity contribution < 1.29 is 38.4 Å². The van der Waals surface area contributed by atoms with Crippen LogP contribution in [-0.4, -0.2) is 80.5 Å². The van der Waals surface area contributed by atoms with Gasteiger partial charge in [-0.2, -0.15) is 0 Å². The number of nitrogens with one attached hydrogen (secondary N) is 1. The number of nitrogens with two attached hydrogens (primary N) is 1. The van der Waals surface area contributed by atoms with Crippen LogP contribution in [0.1, 0.15) is 107 Å². The Morgan fingerprint density at radius 1 is 0.773 bits per heavy atom. The van der Waals surface area contributed by atoms with Crippen LogP contribution < -0.4 is 15.8 Å². The number of nitrogens with zero attached hydrogens (tertiary/aromatic N) is 4. The van der Waals surface area contributed by atoms with Crippen LogP contribution in [0.3, 0.4) is 0 Å². The Bertz CT molecular complexity index is 2540. The minimum absolute atomic E-state index is 0.0442. The number of benzene rings is 3. The van der Waals surface area contributed by atoms with E-state index in [-0.39, 0.29) is 36.4 Å². The maximum Gasteiger partial charge on any atom is 0.413 e. The van der Waals surface area contributed by atoms with Crippen molar-refractivity contribution in [3.63, 3.8) is 0 Å². The molecular formula is C52H62N6O8. The van der Waals surface area contributed by atoms with Crippen LogP contribution in [0, 0.1) is 6.92 Å². The van der Waals surface area contributed by atoms with Gasteiger partial charge in [-0.05, 0) is 133 Å². The average molecular weight is 899 g/mol. The summed E-state index contributed by atoms with van der Waals surface area (Å²) in [6.45, 7) is 16.2. The summed E-state index contributed by atoms with van der Waals surface area (Å²) in [6.07, 6.45) is 2.49. The molecule has 66 heavy (non-hydrogen) atoms. The number of phenols is 1. The highest BCUT2D eigenvalue weighted by Gasteiger charge is 2.33. The highest BCUT2D eigenvalue weighted by atomic mass is 16.6. The number of hydrogen-bond donors (Lipinski definition) is 3. The van der Waals surface area contributed by atoms with Gasteiger partial charge in [0.2, 0.25) is 0 Å². The fraction of sp³-hybridized carbons (Fsp3) is 0.404. The summed E-state index contributed by atoms with van der Waals surface area (Å²) in [6, 6.07) is 28.9. The number of para-hydroxylation sites is 2. The topological polar surface area (TPSA) is 179 Å². The molecule has 8 rings (SSSR count). The molecule has 14 nitrogen and oxygen atoms in total. The number of cyclic esters (lactones) is 1. The molecule has 0 aliphatic carbocycles. The number of anilines is 2. The predicted molar refractivity (Wildman–Crippen MR) is 254 cm³/mol. The summed E-state index contributed by atoms with van der Waals surface area (Å²) in [7, 11) is 0. The molecule has 0 radical (unpaired) electrons. The third-order valence-corrected chi connectivity index (χ3v) is 11.7. The molecule has 2 unspecified atom stereocenters. The minimum Gasteiger partial charge on any atom is -0.507 e. The van der Waals surface area contributed by atoms with Crippen molar-refractivity contribution >= 4 is 29.9 Å². The van der Waals surface area contributed by atoms with Crippen LogP contribution in [0.4, 0.5) is 26.0 Å². The maximum atomic E-state index is 12.8. The van der Waals surface area contributed by atoms with E-state index >= 15 is 0 Å². The summed E-state index contributed by atoms with van der Waals surface area (Å²) in [5, 5.41) is 13.0. The number of rotatable bonds is 7. The Labute approximate surface area is 387 Å². The smallest absolute Gasteiger partial charge is 0.413 e. The standard InChI is InChI=1S/C30H33N3O5.C22H29N3O3/c1-30(2,3)38-29(35)33-15-9-12-21(17-33)23-16-25(31-27-24(23)19-37-28(34)32-27)22-13-7-8-14-26(22)36-18-20-10-5-4-6-11-20;1-14-17(12-18(24-20(14)23)16-9-5-6-10-19(16)26)15-8-7-11-25(13-15)21(27)28-22(2,3)4/h4-8,10-11,13-14,16,21H,9,12,15,17-19H2,1-3H3,(H,31,32,34);5-6,9-10,12,15,26H,7-8,11,13H2,1-4H3,(H2,23,24). The number of phenolic OH excluding ortho intramolecular Hbond substituents is 1. The molecule has 3 aromatic carbocycles. The molecule has 2 saturated heterocycles. The molecule has 3 amide bonds. The quantitative estimate of drug-likeness (QED) is 0.132. The van der Waals surface area contributed by atoms with Crippen molar-refractivity contribution in [1.82, 2.24) is 19.8 Å². The van der Waals surface area contributed by atoms with E-state index in [9.17, 15) is 19.5 Å². The minimum atomic E-state index is -0.561. The van der Waals surface area contributed by atoms with Gasteiger partial charge < -0.3 is 39.6 Å². The molecule has 3 aliphatic rings. The molecule has 3 aliphatic heterocycles. The van der Waals surface area contributed by atoms with Crippen LogP contribution in [0.15, 0.2) is 91.0 Å².